The molecule has 1 N–H and O–H groups in total. The Bertz CT molecular complexity index is 655. The first-order valence-corrected chi connectivity index (χ1v) is 6.49. The Balaban J connectivity index is 2.34. The average molecular weight is 297 g/mol. The van der Waals surface area contributed by atoms with Gasteiger partial charge in [-0.1, -0.05) is 18.2 Å². The van der Waals surface area contributed by atoms with E-state index in [0.717, 1.165) is 12.1 Å². The van der Waals surface area contributed by atoms with Crippen LogP contribution in [0.3, 0.4) is 0 Å². The van der Waals surface area contributed by atoms with E-state index in [2.05, 4.69) is 5.32 Å². The molecule has 0 spiro atoms. The van der Waals surface area contributed by atoms with E-state index in [9.17, 15) is 17.6 Å². The maximum Gasteiger partial charge on any atom is 0.163 e. The van der Waals surface area contributed by atoms with Crippen LogP contribution in [-0.4, -0.2) is 7.05 Å². The maximum atomic E-state index is 14.0. The van der Waals surface area contributed by atoms with Crippen molar-refractivity contribution >= 4 is 0 Å². The summed E-state index contributed by atoms with van der Waals surface area (Å²) in [5.41, 5.74) is 0.555. The highest BCUT2D eigenvalue weighted by Gasteiger charge is 2.20. The minimum Gasteiger partial charge on any atom is -0.313 e. The SMILES string of the molecule is CNC(Cc1ccc(F)cc1F)c1ccc(C)c(F)c1F. The molecule has 0 radical (unpaired) electrons. The Labute approximate surface area is 120 Å². The van der Waals surface area contributed by atoms with Crippen LogP contribution in [0.15, 0.2) is 30.3 Å². The summed E-state index contributed by atoms with van der Waals surface area (Å²) in [4.78, 5) is 0. The second-order valence-electron chi connectivity index (χ2n) is 4.88. The van der Waals surface area contributed by atoms with E-state index in [1.165, 1.54) is 25.1 Å². The molecule has 0 saturated heterocycles. The standard InChI is InChI=1S/C16H15F4N/c1-9-3-6-12(16(20)15(9)19)14(21-2)7-10-4-5-11(17)8-13(10)18/h3-6,8,14,21H,7H2,1-2H3. The van der Waals surface area contributed by atoms with Crippen molar-refractivity contribution in [1.29, 1.82) is 0 Å². The normalized spacial score (nSPS) is 12.5. The smallest absolute Gasteiger partial charge is 0.163 e. The molecular formula is C16H15F4N. The molecular weight excluding hydrogens is 282 g/mol. The molecule has 0 saturated carbocycles. The molecule has 1 unspecified atom stereocenters. The fourth-order valence-electron chi connectivity index (χ4n) is 2.20. The van der Waals surface area contributed by atoms with Gasteiger partial charge in [0.25, 0.3) is 0 Å². The molecule has 112 valence electrons. The summed E-state index contributed by atoms with van der Waals surface area (Å²) in [6, 6.07) is 5.54. The molecule has 2 aromatic rings. The lowest BCUT2D eigenvalue weighted by atomic mass is 9.97. The summed E-state index contributed by atoms with van der Waals surface area (Å²) in [7, 11) is 1.57. The van der Waals surface area contributed by atoms with Crippen molar-refractivity contribution in [1.82, 2.24) is 5.32 Å². The highest BCUT2D eigenvalue weighted by Crippen LogP contribution is 2.25. The number of likely N-dealkylation sites (N-methyl/N-ethyl adjacent to an activating group) is 1. The number of hydrogen-bond donors (Lipinski definition) is 1. The number of aryl methyl sites for hydroxylation is 1. The van der Waals surface area contributed by atoms with Gasteiger partial charge < -0.3 is 5.32 Å². The van der Waals surface area contributed by atoms with E-state index in [-0.39, 0.29) is 23.1 Å². The second kappa shape index (κ2) is 6.26. The highest BCUT2D eigenvalue weighted by atomic mass is 19.2. The Kier molecular flexibility index (Phi) is 4.63. The molecule has 0 aliphatic rings. The van der Waals surface area contributed by atoms with Crippen LogP contribution in [0.4, 0.5) is 17.6 Å². The van der Waals surface area contributed by atoms with E-state index in [0.29, 0.717) is 0 Å². The minimum atomic E-state index is -0.947. The zero-order valence-electron chi connectivity index (χ0n) is 11.7. The third kappa shape index (κ3) is 3.24. The van der Waals surface area contributed by atoms with E-state index >= 15 is 0 Å². The van der Waals surface area contributed by atoms with Crippen molar-refractivity contribution in [3.8, 4) is 0 Å². The van der Waals surface area contributed by atoms with Gasteiger partial charge in [-0.3, -0.25) is 0 Å². The van der Waals surface area contributed by atoms with Crippen LogP contribution in [0.25, 0.3) is 0 Å². The second-order valence-corrected chi connectivity index (χ2v) is 4.88. The van der Waals surface area contributed by atoms with Gasteiger partial charge in [-0.15, -0.1) is 0 Å². The quantitative estimate of drug-likeness (QED) is 0.839. The monoisotopic (exact) mass is 297 g/mol. The van der Waals surface area contributed by atoms with Gasteiger partial charge in [-0.25, -0.2) is 17.6 Å². The van der Waals surface area contributed by atoms with Gasteiger partial charge in [-0.2, -0.15) is 0 Å². The van der Waals surface area contributed by atoms with Crippen LogP contribution >= 0.6 is 0 Å². The first-order valence-electron chi connectivity index (χ1n) is 6.49. The average Bonchev–Trinajstić information content (AvgIpc) is 2.45. The summed E-state index contributed by atoms with van der Waals surface area (Å²) in [5.74, 6) is -3.24. The van der Waals surface area contributed by atoms with Crippen molar-refractivity contribution in [2.24, 2.45) is 0 Å². The predicted octanol–water partition coefficient (Wildman–Crippen LogP) is 4.05. The van der Waals surface area contributed by atoms with E-state index in [4.69, 9.17) is 0 Å². The summed E-state index contributed by atoms with van der Waals surface area (Å²) in [6.45, 7) is 1.47. The molecule has 1 atom stereocenters. The molecule has 0 bridgehead atoms. The Morgan fingerprint density at radius 2 is 1.71 bits per heavy atom. The molecule has 0 fully saturated rings. The number of nitrogens with one attached hydrogen (secondary N) is 1. The summed E-state index contributed by atoms with van der Waals surface area (Å²) < 4.78 is 54.2. The maximum absolute atomic E-state index is 14.0. The largest absolute Gasteiger partial charge is 0.313 e. The predicted molar refractivity (Wildman–Crippen MR) is 73.0 cm³/mol. The lowest BCUT2D eigenvalue weighted by molar-refractivity contribution is 0.465. The van der Waals surface area contributed by atoms with Gasteiger partial charge in [0, 0.05) is 17.7 Å². The van der Waals surface area contributed by atoms with Crippen LogP contribution in [0.1, 0.15) is 22.7 Å². The number of rotatable bonds is 4. The Hall–Kier alpha value is -1.88. The first kappa shape index (κ1) is 15.5. The van der Waals surface area contributed by atoms with Crippen molar-refractivity contribution < 1.29 is 17.6 Å². The van der Waals surface area contributed by atoms with Gasteiger partial charge in [-0.05, 0) is 37.6 Å². The lowest BCUT2D eigenvalue weighted by Crippen LogP contribution is -2.21. The highest BCUT2D eigenvalue weighted by molar-refractivity contribution is 5.30. The summed E-state index contributed by atoms with van der Waals surface area (Å²) >= 11 is 0. The number of hydrogen-bond acceptors (Lipinski definition) is 1. The lowest BCUT2D eigenvalue weighted by Gasteiger charge is -2.18. The molecule has 2 aromatic carbocycles. The van der Waals surface area contributed by atoms with Gasteiger partial charge >= 0.3 is 0 Å². The minimum absolute atomic E-state index is 0.0854. The summed E-state index contributed by atoms with van der Waals surface area (Å²) in [6.07, 6.45) is 0.0854. The van der Waals surface area contributed by atoms with Gasteiger partial charge in [0.2, 0.25) is 0 Å². The van der Waals surface area contributed by atoms with Gasteiger partial charge in [0.05, 0.1) is 0 Å². The molecule has 5 heteroatoms. The van der Waals surface area contributed by atoms with Crippen molar-refractivity contribution in [2.75, 3.05) is 7.05 Å². The van der Waals surface area contributed by atoms with Gasteiger partial charge in [0.1, 0.15) is 11.6 Å². The molecule has 0 aliphatic carbocycles. The molecule has 0 aromatic heterocycles. The van der Waals surface area contributed by atoms with E-state index in [1.807, 2.05) is 0 Å². The van der Waals surface area contributed by atoms with E-state index in [1.54, 1.807) is 7.05 Å². The topological polar surface area (TPSA) is 12.0 Å². The zero-order valence-corrected chi connectivity index (χ0v) is 11.7. The van der Waals surface area contributed by atoms with Gasteiger partial charge in [0.15, 0.2) is 11.6 Å². The zero-order chi connectivity index (χ0) is 15.6. The fraction of sp³-hybridized carbons (Fsp3) is 0.250. The fourth-order valence-corrected chi connectivity index (χ4v) is 2.20. The number of halogens is 4. The molecule has 0 aliphatic heterocycles. The van der Waals surface area contributed by atoms with Crippen LogP contribution in [0.5, 0.6) is 0 Å². The molecule has 1 nitrogen and oxygen atoms in total. The third-order valence-electron chi connectivity index (χ3n) is 3.47. The van der Waals surface area contributed by atoms with Crippen LogP contribution in [0, 0.1) is 30.2 Å². The van der Waals surface area contributed by atoms with E-state index < -0.39 is 29.3 Å². The van der Waals surface area contributed by atoms with Crippen molar-refractivity contribution in [3.05, 3.63) is 70.3 Å². The van der Waals surface area contributed by atoms with Crippen molar-refractivity contribution in [3.63, 3.8) is 0 Å². The molecule has 0 heterocycles. The molecule has 2 rings (SSSR count). The molecule has 21 heavy (non-hydrogen) atoms. The molecule has 0 amide bonds. The first-order chi connectivity index (χ1) is 9.93. The third-order valence-corrected chi connectivity index (χ3v) is 3.47. The Morgan fingerprint density at radius 3 is 2.33 bits per heavy atom. The van der Waals surface area contributed by atoms with Crippen LogP contribution in [0.2, 0.25) is 0 Å². The Morgan fingerprint density at radius 1 is 1.00 bits per heavy atom. The van der Waals surface area contributed by atoms with Crippen LogP contribution in [-0.2, 0) is 6.42 Å². The van der Waals surface area contributed by atoms with Crippen LogP contribution < -0.4 is 5.32 Å². The van der Waals surface area contributed by atoms with Crippen molar-refractivity contribution in [2.45, 2.75) is 19.4 Å². The number of benzene rings is 2. The summed E-state index contributed by atoms with van der Waals surface area (Å²) in [5, 5.41) is 2.83.